The number of benzene rings is 2. The number of piperazine rings is 1. The van der Waals surface area contributed by atoms with Gasteiger partial charge in [0.25, 0.3) is 11.8 Å². The van der Waals surface area contributed by atoms with Crippen LogP contribution in [0.5, 0.6) is 0 Å². The lowest BCUT2D eigenvalue weighted by atomic mass is 9.90. The minimum absolute atomic E-state index is 0.00511. The molecule has 2 aromatic carbocycles. The van der Waals surface area contributed by atoms with E-state index < -0.39 is 17.6 Å². The predicted octanol–water partition coefficient (Wildman–Crippen LogP) is 4.88. The van der Waals surface area contributed by atoms with Gasteiger partial charge in [0.2, 0.25) is 5.91 Å². The third-order valence-corrected chi connectivity index (χ3v) is 8.82. The Bertz CT molecular complexity index is 2030. The van der Waals surface area contributed by atoms with Crippen LogP contribution in [0.4, 0.5) is 24.8 Å². The maximum absolute atomic E-state index is 13.3. The first-order valence-electron chi connectivity index (χ1n) is 15.3. The normalized spacial score (nSPS) is 18.1. The summed E-state index contributed by atoms with van der Waals surface area (Å²) in [5, 5.41) is 2.41. The maximum Gasteiger partial charge on any atom is 0.416 e. The van der Waals surface area contributed by atoms with Gasteiger partial charge in [-0.25, -0.2) is 15.0 Å². The average Bonchev–Trinajstić information content (AvgIpc) is 3.49. The number of hydrogen-bond acceptors (Lipinski definition) is 7. The number of rotatable bonds is 5. The molecule has 3 amide bonds. The second-order valence-corrected chi connectivity index (χ2v) is 11.8. The van der Waals surface area contributed by atoms with Gasteiger partial charge in [0.15, 0.2) is 0 Å². The van der Waals surface area contributed by atoms with E-state index in [2.05, 4.69) is 15.3 Å². The Morgan fingerprint density at radius 2 is 1.69 bits per heavy atom. The van der Waals surface area contributed by atoms with Gasteiger partial charge in [-0.05, 0) is 49.2 Å². The summed E-state index contributed by atoms with van der Waals surface area (Å²) < 4.78 is 41.1. The van der Waals surface area contributed by atoms with Crippen molar-refractivity contribution in [1.82, 2.24) is 29.2 Å². The van der Waals surface area contributed by atoms with Gasteiger partial charge in [-0.15, -0.1) is 0 Å². The largest absolute Gasteiger partial charge is 0.416 e. The zero-order chi connectivity index (χ0) is 33.6. The number of halogens is 3. The smallest absolute Gasteiger partial charge is 0.382 e. The van der Waals surface area contributed by atoms with Crippen molar-refractivity contribution in [2.24, 2.45) is 0 Å². The Morgan fingerprint density at radius 1 is 0.917 bits per heavy atom. The molecule has 3 aromatic heterocycles. The highest BCUT2D eigenvalue weighted by Crippen LogP contribution is 2.36. The average molecular weight is 655 g/mol. The van der Waals surface area contributed by atoms with Gasteiger partial charge in [-0.3, -0.25) is 18.8 Å². The first-order chi connectivity index (χ1) is 23.1. The number of pyridine rings is 1. The maximum atomic E-state index is 13.3. The van der Waals surface area contributed by atoms with Crippen molar-refractivity contribution >= 4 is 34.9 Å². The number of aromatic nitrogens is 4. The molecule has 244 valence electrons. The molecule has 5 aromatic rings. The van der Waals surface area contributed by atoms with E-state index >= 15 is 0 Å². The summed E-state index contributed by atoms with van der Waals surface area (Å²) >= 11 is 0. The SMILES string of the molecule is Nc1nccn2c(C3CCC4CN(C(=O)c5ccccc5)CC(=O)N4C3)nc(-c3ccc(C(=O)Nc4cc(C(F)(F)F)ccn4)cc3)c12. The second kappa shape index (κ2) is 12.1. The molecule has 0 spiro atoms. The number of nitrogen functional groups attached to an aromatic ring is 1. The van der Waals surface area contributed by atoms with Gasteiger partial charge in [0.1, 0.15) is 35.2 Å². The number of alkyl halides is 3. The fraction of sp³-hybridized carbons (Fsp3) is 0.235. The number of anilines is 2. The Kier molecular flexibility index (Phi) is 7.77. The number of fused-ring (bicyclic) bond motifs is 2. The number of amides is 3. The van der Waals surface area contributed by atoms with Gasteiger partial charge < -0.3 is 20.9 Å². The fourth-order valence-corrected chi connectivity index (χ4v) is 6.44. The predicted molar refractivity (Wildman–Crippen MR) is 170 cm³/mol. The van der Waals surface area contributed by atoms with Crippen LogP contribution in [0.1, 0.15) is 50.9 Å². The van der Waals surface area contributed by atoms with Crippen LogP contribution in [0.3, 0.4) is 0 Å². The van der Waals surface area contributed by atoms with Crippen molar-refractivity contribution < 1.29 is 27.6 Å². The Balaban J connectivity index is 1.11. The molecule has 2 aliphatic heterocycles. The van der Waals surface area contributed by atoms with E-state index in [1.807, 2.05) is 15.4 Å². The number of imidazole rings is 1. The quantitative estimate of drug-likeness (QED) is 0.276. The molecule has 2 aliphatic rings. The molecular formula is C34H29F3N8O3. The first-order valence-corrected chi connectivity index (χ1v) is 15.3. The van der Waals surface area contributed by atoms with Crippen LogP contribution in [0.2, 0.25) is 0 Å². The minimum atomic E-state index is -4.57. The molecule has 14 heteroatoms. The molecule has 2 saturated heterocycles. The van der Waals surface area contributed by atoms with Crippen molar-refractivity contribution in [3.63, 3.8) is 0 Å². The Morgan fingerprint density at radius 3 is 2.44 bits per heavy atom. The summed E-state index contributed by atoms with van der Waals surface area (Å²) in [6.45, 7) is 0.895. The number of piperidine rings is 1. The van der Waals surface area contributed by atoms with Gasteiger partial charge in [0.05, 0.1) is 5.56 Å². The van der Waals surface area contributed by atoms with Crippen molar-refractivity contribution in [2.45, 2.75) is 31.0 Å². The summed E-state index contributed by atoms with van der Waals surface area (Å²) in [4.78, 5) is 55.8. The van der Waals surface area contributed by atoms with Crippen LogP contribution in [0.15, 0.2) is 85.3 Å². The van der Waals surface area contributed by atoms with Crippen molar-refractivity contribution in [3.8, 4) is 11.3 Å². The third kappa shape index (κ3) is 5.80. The Labute approximate surface area is 272 Å². The molecule has 7 rings (SSSR count). The molecule has 0 bridgehead atoms. The van der Waals surface area contributed by atoms with Gasteiger partial charge in [0, 0.05) is 60.3 Å². The third-order valence-electron chi connectivity index (χ3n) is 8.82. The van der Waals surface area contributed by atoms with Crippen LogP contribution in [0, 0.1) is 0 Å². The molecular weight excluding hydrogens is 625 g/mol. The first kappa shape index (κ1) is 30.8. The summed E-state index contributed by atoms with van der Waals surface area (Å²) in [5.74, 6) is -0.279. The van der Waals surface area contributed by atoms with Crippen LogP contribution < -0.4 is 11.1 Å². The molecule has 2 fully saturated rings. The lowest BCUT2D eigenvalue weighted by Crippen LogP contribution is -2.60. The van der Waals surface area contributed by atoms with Crippen LogP contribution in [-0.4, -0.2) is 72.6 Å². The Hall–Kier alpha value is -5.79. The highest BCUT2D eigenvalue weighted by Gasteiger charge is 2.40. The number of nitrogens with zero attached hydrogens (tertiary/aromatic N) is 6. The van der Waals surface area contributed by atoms with E-state index in [0.717, 1.165) is 24.8 Å². The lowest BCUT2D eigenvalue weighted by molar-refractivity contribution is -0.141. The van der Waals surface area contributed by atoms with Crippen LogP contribution in [-0.2, 0) is 11.0 Å². The van der Waals surface area contributed by atoms with E-state index in [9.17, 15) is 27.6 Å². The summed E-state index contributed by atoms with van der Waals surface area (Å²) in [6.07, 6.45) is 1.18. The molecule has 3 N–H and O–H groups in total. The monoisotopic (exact) mass is 654 g/mol. The fourth-order valence-electron chi connectivity index (χ4n) is 6.44. The zero-order valence-electron chi connectivity index (χ0n) is 25.4. The molecule has 2 unspecified atom stereocenters. The zero-order valence-corrected chi connectivity index (χ0v) is 25.4. The highest BCUT2D eigenvalue weighted by molar-refractivity contribution is 6.04. The standard InChI is InChI=1S/C34H29F3N8O3/c35-34(36,37)24-12-13-39-26(16-24)41-32(47)21-8-6-20(7-9-21)28-29-30(38)40-14-15-44(29)31(42-28)23-10-11-25-18-43(19-27(46)45(25)17-23)33(48)22-4-2-1-3-5-22/h1-9,12-16,23,25H,10-11,17-19H2,(H2,38,40)(H,39,41,47). The number of nitrogens with two attached hydrogens (primary N) is 1. The summed E-state index contributed by atoms with van der Waals surface area (Å²) in [7, 11) is 0. The van der Waals surface area contributed by atoms with E-state index in [1.165, 1.54) is 12.1 Å². The summed E-state index contributed by atoms with van der Waals surface area (Å²) in [5.41, 5.74) is 7.93. The van der Waals surface area contributed by atoms with E-state index in [4.69, 9.17) is 10.7 Å². The molecule has 5 heterocycles. The molecule has 0 aliphatic carbocycles. The topological polar surface area (TPSA) is 139 Å². The van der Waals surface area contributed by atoms with Crippen molar-refractivity contribution in [3.05, 3.63) is 108 Å². The van der Waals surface area contributed by atoms with Gasteiger partial charge in [-0.1, -0.05) is 30.3 Å². The van der Waals surface area contributed by atoms with Crippen molar-refractivity contribution in [1.29, 1.82) is 0 Å². The van der Waals surface area contributed by atoms with Gasteiger partial charge in [-0.2, -0.15) is 13.2 Å². The van der Waals surface area contributed by atoms with Gasteiger partial charge >= 0.3 is 6.18 Å². The molecule has 0 radical (unpaired) electrons. The number of hydrogen-bond donors (Lipinski definition) is 2. The number of nitrogens with one attached hydrogen (secondary N) is 1. The number of carbonyl (C=O) groups excluding carboxylic acids is 3. The van der Waals surface area contributed by atoms with Crippen LogP contribution >= 0.6 is 0 Å². The molecule has 48 heavy (non-hydrogen) atoms. The second-order valence-electron chi connectivity index (χ2n) is 11.8. The van der Waals surface area contributed by atoms with E-state index in [1.54, 1.807) is 53.7 Å². The molecule has 0 saturated carbocycles. The van der Waals surface area contributed by atoms with E-state index in [-0.39, 0.29) is 47.5 Å². The lowest BCUT2D eigenvalue weighted by Gasteiger charge is -2.45. The molecule has 2 atom stereocenters. The molecule has 11 nitrogen and oxygen atoms in total. The number of carbonyl (C=O) groups is 3. The van der Waals surface area contributed by atoms with Crippen LogP contribution in [0.25, 0.3) is 16.8 Å². The summed E-state index contributed by atoms with van der Waals surface area (Å²) in [6, 6.07) is 16.9. The minimum Gasteiger partial charge on any atom is -0.382 e. The highest BCUT2D eigenvalue weighted by atomic mass is 19.4. The van der Waals surface area contributed by atoms with Crippen molar-refractivity contribution in [2.75, 3.05) is 30.7 Å². The van der Waals surface area contributed by atoms with E-state index in [0.29, 0.717) is 47.7 Å².